The average Bonchev–Trinajstić information content (AvgIpc) is 2.26. The largest absolute Gasteiger partial charge is 0.479 e. The summed E-state index contributed by atoms with van der Waals surface area (Å²) in [5, 5.41) is 22.6. The molecule has 0 saturated heterocycles. The van der Waals surface area contributed by atoms with E-state index in [0.717, 1.165) is 6.42 Å². The fourth-order valence-corrected chi connectivity index (χ4v) is 0.953. The molecule has 0 rings (SSSR count). The summed E-state index contributed by atoms with van der Waals surface area (Å²) in [7, 11) is 0. The molecule has 0 unspecified atom stereocenters. The molecular formula is C11H22N2O4. The van der Waals surface area contributed by atoms with Crippen molar-refractivity contribution in [1.29, 1.82) is 0 Å². The minimum absolute atomic E-state index is 0.0000754. The van der Waals surface area contributed by atoms with Crippen molar-refractivity contribution in [2.75, 3.05) is 13.1 Å². The second kappa shape index (κ2) is 7.11. The third-order valence-electron chi connectivity index (χ3n) is 2.67. The van der Waals surface area contributed by atoms with E-state index in [2.05, 4.69) is 10.6 Å². The van der Waals surface area contributed by atoms with Gasteiger partial charge in [-0.1, -0.05) is 20.8 Å². The topological polar surface area (TPSA) is 98.7 Å². The molecule has 100 valence electrons. The second-order valence-electron chi connectivity index (χ2n) is 4.77. The van der Waals surface area contributed by atoms with Gasteiger partial charge in [0.15, 0.2) is 6.10 Å². The molecule has 6 nitrogen and oxygen atoms in total. The lowest BCUT2D eigenvalue weighted by atomic mass is 9.90. The normalized spacial score (nSPS) is 12.9. The number of rotatable bonds is 7. The first-order chi connectivity index (χ1) is 7.78. The number of aliphatic hydroxyl groups is 1. The highest BCUT2D eigenvalue weighted by Crippen LogP contribution is 2.17. The van der Waals surface area contributed by atoms with E-state index in [4.69, 9.17) is 10.2 Å². The van der Waals surface area contributed by atoms with E-state index in [1.165, 1.54) is 0 Å². The molecule has 0 fully saturated rings. The number of urea groups is 1. The van der Waals surface area contributed by atoms with Crippen LogP contribution in [0, 0.1) is 5.41 Å². The monoisotopic (exact) mass is 246 g/mol. The van der Waals surface area contributed by atoms with Crippen LogP contribution in [0.4, 0.5) is 4.79 Å². The molecule has 0 heterocycles. The number of amides is 2. The van der Waals surface area contributed by atoms with Crippen molar-refractivity contribution in [2.45, 2.75) is 39.7 Å². The minimum Gasteiger partial charge on any atom is -0.479 e. The maximum atomic E-state index is 11.3. The second-order valence-corrected chi connectivity index (χ2v) is 4.77. The molecule has 0 aliphatic heterocycles. The highest BCUT2D eigenvalue weighted by molar-refractivity contribution is 5.74. The summed E-state index contributed by atoms with van der Waals surface area (Å²) in [5.74, 6) is -1.28. The number of hydrogen-bond donors (Lipinski definition) is 4. The Bertz CT molecular complexity index is 266. The van der Waals surface area contributed by atoms with Crippen LogP contribution in [0.25, 0.3) is 0 Å². The fourth-order valence-electron chi connectivity index (χ4n) is 0.953. The van der Waals surface area contributed by atoms with E-state index in [1.807, 2.05) is 20.8 Å². The number of carboxylic acids is 1. The van der Waals surface area contributed by atoms with Crippen LogP contribution in [0.1, 0.15) is 33.6 Å². The Morgan fingerprint density at radius 2 is 1.88 bits per heavy atom. The summed E-state index contributed by atoms with van der Waals surface area (Å²) in [4.78, 5) is 21.6. The zero-order chi connectivity index (χ0) is 13.5. The van der Waals surface area contributed by atoms with Crippen LogP contribution in [0.5, 0.6) is 0 Å². The van der Waals surface area contributed by atoms with Crippen molar-refractivity contribution in [2.24, 2.45) is 5.41 Å². The van der Waals surface area contributed by atoms with E-state index in [1.54, 1.807) is 0 Å². The SMILES string of the molecule is CCC(C)(C)CNC(=O)NCC[C@H](O)C(=O)O. The summed E-state index contributed by atoms with van der Waals surface area (Å²) in [6.45, 7) is 6.81. The molecule has 6 heteroatoms. The average molecular weight is 246 g/mol. The maximum Gasteiger partial charge on any atom is 0.332 e. The predicted octanol–water partition coefficient (Wildman–Crippen LogP) is 0.557. The van der Waals surface area contributed by atoms with Crippen LogP contribution in [-0.4, -0.2) is 41.4 Å². The Kier molecular flexibility index (Phi) is 6.57. The van der Waals surface area contributed by atoms with E-state index >= 15 is 0 Å². The highest BCUT2D eigenvalue weighted by atomic mass is 16.4. The summed E-state index contributed by atoms with van der Waals surface area (Å²) in [5.41, 5.74) is 0.0396. The van der Waals surface area contributed by atoms with Gasteiger partial charge < -0.3 is 20.8 Å². The van der Waals surface area contributed by atoms with E-state index < -0.39 is 12.1 Å². The third-order valence-corrected chi connectivity index (χ3v) is 2.67. The molecule has 2 amide bonds. The van der Waals surface area contributed by atoms with Crippen molar-refractivity contribution in [3.8, 4) is 0 Å². The molecule has 0 bridgehead atoms. The van der Waals surface area contributed by atoms with Gasteiger partial charge in [-0.2, -0.15) is 0 Å². The summed E-state index contributed by atoms with van der Waals surface area (Å²) in [6, 6.07) is -0.343. The van der Waals surface area contributed by atoms with Crippen molar-refractivity contribution in [3.63, 3.8) is 0 Å². The van der Waals surface area contributed by atoms with Gasteiger partial charge in [-0.05, 0) is 11.8 Å². The zero-order valence-electron chi connectivity index (χ0n) is 10.6. The molecule has 0 radical (unpaired) electrons. The minimum atomic E-state index is -1.43. The Morgan fingerprint density at radius 1 is 1.29 bits per heavy atom. The summed E-state index contributed by atoms with van der Waals surface area (Å²) < 4.78 is 0. The molecular weight excluding hydrogens is 224 g/mol. The smallest absolute Gasteiger partial charge is 0.332 e. The first-order valence-electron chi connectivity index (χ1n) is 5.71. The van der Waals surface area contributed by atoms with Crippen molar-refractivity contribution >= 4 is 12.0 Å². The number of carboxylic acid groups (broad SMARTS) is 1. The van der Waals surface area contributed by atoms with Crippen molar-refractivity contribution < 1.29 is 19.8 Å². The van der Waals surface area contributed by atoms with Gasteiger partial charge in [0.2, 0.25) is 0 Å². The van der Waals surface area contributed by atoms with Crippen LogP contribution < -0.4 is 10.6 Å². The van der Waals surface area contributed by atoms with E-state index in [9.17, 15) is 9.59 Å². The first kappa shape index (κ1) is 15.7. The summed E-state index contributed by atoms with van der Waals surface area (Å²) in [6.07, 6.45) is -0.479. The molecule has 0 aliphatic rings. The molecule has 1 atom stereocenters. The molecule has 0 saturated carbocycles. The number of carbonyl (C=O) groups is 2. The van der Waals surface area contributed by atoms with E-state index in [-0.39, 0.29) is 24.4 Å². The van der Waals surface area contributed by atoms with Crippen LogP contribution >= 0.6 is 0 Å². The zero-order valence-corrected chi connectivity index (χ0v) is 10.6. The van der Waals surface area contributed by atoms with Crippen LogP contribution in [0.15, 0.2) is 0 Å². The predicted molar refractivity (Wildman–Crippen MR) is 63.7 cm³/mol. The van der Waals surface area contributed by atoms with Crippen LogP contribution in [-0.2, 0) is 4.79 Å². The number of carbonyl (C=O) groups excluding carboxylic acids is 1. The van der Waals surface area contributed by atoms with E-state index in [0.29, 0.717) is 6.54 Å². The Morgan fingerprint density at radius 3 is 2.35 bits per heavy atom. The molecule has 17 heavy (non-hydrogen) atoms. The lowest BCUT2D eigenvalue weighted by molar-refractivity contribution is -0.146. The molecule has 0 aromatic carbocycles. The third kappa shape index (κ3) is 7.57. The Balaban J connectivity index is 3.71. The standard InChI is InChI=1S/C11H22N2O4/c1-4-11(2,3)7-13-10(17)12-6-5-8(14)9(15)16/h8,14H,4-7H2,1-3H3,(H,15,16)(H2,12,13,17)/t8-/m0/s1. The molecule has 0 aliphatic carbocycles. The van der Waals surface area contributed by atoms with Gasteiger partial charge in [-0.15, -0.1) is 0 Å². The Labute approximate surface area is 101 Å². The molecule has 0 spiro atoms. The van der Waals surface area contributed by atoms with Gasteiger partial charge in [0, 0.05) is 19.5 Å². The molecule has 4 N–H and O–H groups in total. The number of hydrogen-bond acceptors (Lipinski definition) is 3. The van der Waals surface area contributed by atoms with Crippen molar-refractivity contribution in [1.82, 2.24) is 10.6 Å². The number of nitrogens with one attached hydrogen (secondary N) is 2. The first-order valence-corrected chi connectivity index (χ1v) is 5.71. The fraction of sp³-hybridized carbons (Fsp3) is 0.818. The van der Waals surface area contributed by atoms with Gasteiger partial charge >= 0.3 is 12.0 Å². The molecule has 0 aromatic rings. The van der Waals surface area contributed by atoms with Crippen LogP contribution in [0.3, 0.4) is 0 Å². The van der Waals surface area contributed by atoms with Gasteiger partial charge in [-0.3, -0.25) is 0 Å². The lowest BCUT2D eigenvalue weighted by Gasteiger charge is -2.22. The molecule has 0 aromatic heterocycles. The van der Waals surface area contributed by atoms with Crippen LogP contribution in [0.2, 0.25) is 0 Å². The maximum absolute atomic E-state index is 11.3. The van der Waals surface area contributed by atoms with Gasteiger partial charge in [-0.25, -0.2) is 9.59 Å². The summed E-state index contributed by atoms with van der Waals surface area (Å²) >= 11 is 0. The Hall–Kier alpha value is -1.30. The quantitative estimate of drug-likeness (QED) is 0.527. The van der Waals surface area contributed by atoms with Gasteiger partial charge in [0.25, 0.3) is 0 Å². The lowest BCUT2D eigenvalue weighted by Crippen LogP contribution is -2.41. The number of aliphatic carboxylic acids is 1. The number of aliphatic hydroxyl groups excluding tert-OH is 1. The van der Waals surface area contributed by atoms with Gasteiger partial charge in [0.05, 0.1) is 0 Å². The van der Waals surface area contributed by atoms with Gasteiger partial charge in [0.1, 0.15) is 0 Å². The van der Waals surface area contributed by atoms with Crippen molar-refractivity contribution in [3.05, 3.63) is 0 Å². The highest BCUT2D eigenvalue weighted by Gasteiger charge is 2.16.